The average molecular weight is 328 g/mol. The first-order valence-corrected chi connectivity index (χ1v) is 7.70. The van der Waals surface area contributed by atoms with Crippen molar-refractivity contribution < 1.29 is 0 Å². The standard InChI is InChI=1S/C13H18BrN3S/c1-13(2)8-17(6-7-18-13)10-5-3-4-9(14)11(10)12(15)16/h3-5H,6-8H2,1-2H3,(H3,15,16). The van der Waals surface area contributed by atoms with Gasteiger partial charge in [-0.3, -0.25) is 5.41 Å². The second kappa shape index (κ2) is 5.13. The summed E-state index contributed by atoms with van der Waals surface area (Å²) in [4.78, 5) is 2.33. The van der Waals surface area contributed by atoms with Crippen molar-refractivity contribution in [3.8, 4) is 0 Å². The number of benzene rings is 1. The van der Waals surface area contributed by atoms with Gasteiger partial charge in [0.1, 0.15) is 5.84 Å². The molecule has 0 saturated carbocycles. The fourth-order valence-corrected chi connectivity index (χ4v) is 3.95. The van der Waals surface area contributed by atoms with Gasteiger partial charge in [-0.25, -0.2) is 0 Å². The molecule has 2 rings (SSSR count). The molecule has 1 aliphatic heterocycles. The zero-order valence-corrected chi connectivity index (χ0v) is 13.1. The Morgan fingerprint density at radius 1 is 1.50 bits per heavy atom. The van der Waals surface area contributed by atoms with E-state index in [0.29, 0.717) is 0 Å². The third-order valence-electron chi connectivity index (χ3n) is 3.03. The van der Waals surface area contributed by atoms with Gasteiger partial charge >= 0.3 is 0 Å². The molecule has 0 unspecified atom stereocenters. The van der Waals surface area contributed by atoms with Crippen LogP contribution in [0, 0.1) is 5.41 Å². The van der Waals surface area contributed by atoms with Gasteiger partial charge in [-0.2, -0.15) is 11.8 Å². The number of nitrogens with one attached hydrogen (secondary N) is 1. The van der Waals surface area contributed by atoms with E-state index in [1.165, 1.54) is 0 Å². The Morgan fingerprint density at radius 2 is 2.22 bits per heavy atom. The highest BCUT2D eigenvalue weighted by atomic mass is 79.9. The predicted octanol–water partition coefficient (Wildman–Crippen LogP) is 3.06. The second-order valence-electron chi connectivity index (χ2n) is 5.08. The van der Waals surface area contributed by atoms with E-state index < -0.39 is 0 Å². The number of nitrogens with zero attached hydrogens (tertiary/aromatic N) is 1. The van der Waals surface area contributed by atoms with Crippen molar-refractivity contribution in [3.05, 3.63) is 28.2 Å². The fraction of sp³-hybridized carbons (Fsp3) is 0.462. The van der Waals surface area contributed by atoms with Crippen molar-refractivity contribution in [2.24, 2.45) is 5.73 Å². The zero-order valence-electron chi connectivity index (χ0n) is 10.7. The highest BCUT2D eigenvalue weighted by Gasteiger charge is 2.28. The Balaban J connectivity index is 2.39. The lowest BCUT2D eigenvalue weighted by atomic mass is 10.1. The van der Waals surface area contributed by atoms with Gasteiger partial charge in [0.2, 0.25) is 0 Å². The van der Waals surface area contributed by atoms with Crippen LogP contribution < -0.4 is 10.6 Å². The van der Waals surface area contributed by atoms with Gasteiger partial charge in [0, 0.05) is 33.7 Å². The molecule has 1 saturated heterocycles. The predicted molar refractivity (Wildman–Crippen MR) is 83.9 cm³/mol. The van der Waals surface area contributed by atoms with Crippen LogP contribution in [-0.4, -0.2) is 29.4 Å². The van der Waals surface area contributed by atoms with E-state index in [1.807, 2.05) is 30.0 Å². The molecule has 0 radical (unpaired) electrons. The molecule has 0 atom stereocenters. The van der Waals surface area contributed by atoms with Crippen molar-refractivity contribution in [2.75, 3.05) is 23.7 Å². The van der Waals surface area contributed by atoms with Gasteiger partial charge in [0.05, 0.1) is 5.56 Å². The minimum absolute atomic E-state index is 0.119. The summed E-state index contributed by atoms with van der Waals surface area (Å²) < 4.78 is 1.14. The number of hydrogen-bond donors (Lipinski definition) is 2. The van der Waals surface area contributed by atoms with Crippen molar-refractivity contribution in [1.82, 2.24) is 0 Å². The molecule has 1 aromatic rings. The number of rotatable bonds is 2. The Labute approximate surface area is 121 Å². The van der Waals surface area contributed by atoms with Gasteiger partial charge in [0.25, 0.3) is 0 Å². The molecule has 3 N–H and O–H groups in total. The molecule has 1 heterocycles. The van der Waals surface area contributed by atoms with E-state index in [1.54, 1.807) is 0 Å². The molecule has 0 aliphatic carbocycles. The molecule has 18 heavy (non-hydrogen) atoms. The minimum atomic E-state index is 0.119. The van der Waals surface area contributed by atoms with E-state index in [9.17, 15) is 0 Å². The minimum Gasteiger partial charge on any atom is -0.384 e. The van der Waals surface area contributed by atoms with Crippen molar-refractivity contribution in [3.63, 3.8) is 0 Å². The summed E-state index contributed by atoms with van der Waals surface area (Å²) in [6.07, 6.45) is 0. The maximum Gasteiger partial charge on any atom is 0.126 e. The SMILES string of the molecule is CC1(C)CN(c2cccc(Br)c2C(=N)N)CCS1. The lowest BCUT2D eigenvalue weighted by molar-refractivity contribution is 0.647. The zero-order chi connectivity index (χ0) is 13.3. The van der Waals surface area contributed by atoms with E-state index in [4.69, 9.17) is 11.1 Å². The highest BCUT2D eigenvalue weighted by molar-refractivity contribution is 9.10. The van der Waals surface area contributed by atoms with Crippen LogP contribution in [-0.2, 0) is 0 Å². The topological polar surface area (TPSA) is 53.1 Å². The molecule has 0 spiro atoms. The second-order valence-corrected chi connectivity index (χ2v) is 7.73. The Morgan fingerprint density at radius 3 is 2.83 bits per heavy atom. The normalized spacial score (nSPS) is 18.7. The summed E-state index contributed by atoms with van der Waals surface area (Å²) in [5, 5.41) is 7.75. The number of amidine groups is 1. The molecule has 1 fully saturated rings. The first-order valence-electron chi connectivity index (χ1n) is 5.92. The molecule has 98 valence electrons. The molecular formula is C13H18BrN3S. The Hall–Kier alpha value is -0.680. The summed E-state index contributed by atoms with van der Waals surface area (Å²) in [5.74, 6) is 1.23. The average Bonchev–Trinajstić information content (AvgIpc) is 2.26. The summed E-state index contributed by atoms with van der Waals surface area (Å²) in [7, 11) is 0. The lowest BCUT2D eigenvalue weighted by Crippen LogP contribution is -2.44. The van der Waals surface area contributed by atoms with E-state index in [2.05, 4.69) is 34.7 Å². The third-order valence-corrected chi connectivity index (χ3v) is 4.99. The molecule has 3 nitrogen and oxygen atoms in total. The van der Waals surface area contributed by atoms with Crippen LogP contribution in [0.2, 0.25) is 0 Å². The number of anilines is 1. The van der Waals surface area contributed by atoms with E-state index in [0.717, 1.165) is 34.6 Å². The number of thioether (sulfide) groups is 1. The smallest absolute Gasteiger partial charge is 0.126 e. The maximum absolute atomic E-state index is 7.75. The molecular weight excluding hydrogens is 310 g/mol. The van der Waals surface area contributed by atoms with Crippen molar-refractivity contribution >= 4 is 39.2 Å². The number of halogens is 1. The van der Waals surface area contributed by atoms with Crippen LogP contribution in [0.25, 0.3) is 0 Å². The Kier molecular flexibility index (Phi) is 3.92. The lowest BCUT2D eigenvalue weighted by Gasteiger charge is -2.39. The largest absolute Gasteiger partial charge is 0.384 e. The summed E-state index contributed by atoms with van der Waals surface area (Å²) >= 11 is 5.49. The van der Waals surface area contributed by atoms with Crippen LogP contribution in [0.1, 0.15) is 19.4 Å². The molecule has 0 aromatic heterocycles. The maximum atomic E-state index is 7.75. The van der Waals surface area contributed by atoms with Gasteiger partial charge in [-0.05, 0) is 41.9 Å². The molecule has 1 aliphatic rings. The van der Waals surface area contributed by atoms with Gasteiger partial charge in [-0.1, -0.05) is 6.07 Å². The first-order chi connectivity index (χ1) is 8.41. The molecule has 5 heteroatoms. The fourth-order valence-electron chi connectivity index (χ4n) is 2.26. The first kappa shape index (κ1) is 13.7. The van der Waals surface area contributed by atoms with E-state index >= 15 is 0 Å². The third kappa shape index (κ3) is 2.83. The van der Waals surface area contributed by atoms with Crippen molar-refractivity contribution in [2.45, 2.75) is 18.6 Å². The molecule has 1 aromatic carbocycles. The van der Waals surface area contributed by atoms with E-state index in [-0.39, 0.29) is 10.6 Å². The number of nitrogen functional groups attached to an aromatic ring is 1. The van der Waals surface area contributed by atoms with Gasteiger partial charge in [-0.15, -0.1) is 0 Å². The monoisotopic (exact) mass is 327 g/mol. The molecule has 0 amide bonds. The van der Waals surface area contributed by atoms with Crippen LogP contribution >= 0.6 is 27.7 Å². The van der Waals surface area contributed by atoms with Gasteiger partial charge in [0.15, 0.2) is 0 Å². The number of hydrogen-bond acceptors (Lipinski definition) is 3. The van der Waals surface area contributed by atoms with Crippen LogP contribution in [0.15, 0.2) is 22.7 Å². The quantitative estimate of drug-likeness (QED) is 0.648. The Bertz CT molecular complexity index is 473. The highest BCUT2D eigenvalue weighted by Crippen LogP contribution is 2.35. The summed E-state index contributed by atoms with van der Waals surface area (Å²) in [6.45, 7) is 6.50. The van der Waals surface area contributed by atoms with Gasteiger partial charge < -0.3 is 10.6 Å². The van der Waals surface area contributed by atoms with Crippen LogP contribution in [0.5, 0.6) is 0 Å². The summed E-state index contributed by atoms with van der Waals surface area (Å²) in [5.41, 5.74) is 7.58. The van der Waals surface area contributed by atoms with Crippen molar-refractivity contribution in [1.29, 1.82) is 5.41 Å². The molecule has 0 bridgehead atoms. The van der Waals surface area contributed by atoms with Crippen LogP contribution in [0.4, 0.5) is 5.69 Å². The number of nitrogens with two attached hydrogens (primary N) is 1. The summed E-state index contributed by atoms with van der Waals surface area (Å²) in [6, 6.07) is 5.98. The van der Waals surface area contributed by atoms with Crippen LogP contribution in [0.3, 0.4) is 0 Å².